The number of nitrogens with one attached hydrogen (secondary N) is 1. The largest absolute Gasteiger partial charge is 0.342 e. The number of rotatable bonds is 7. The van der Waals surface area contributed by atoms with Gasteiger partial charge in [-0.3, -0.25) is 14.4 Å². The monoisotopic (exact) mass is 411 g/mol. The standard InChI is InChI=1S/C22H22ClN3O3/c1-3-25(4-2)20(27)14-26-13-18(17-10-5-6-11-19(17)26)21(28)22(29)24-16-9-7-8-15(23)12-16/h5-13H,3-4,14H2,1-2H3,(H,24,29). The van der Waals surface area contributed by atoms with E-state index < -0.39 is 11.7 Å². The van der Waals surface area contributed by atoms with Crippen molar-refractivity contribution in [3.8, 4) is 0 Å². The maximum atomic E-state index is 12.8. The number of amides is 2. The van der Waals surface area contributed by atoms with Crippen molar-refractivity contribution in [1.29, 1.82) is 0 Å². The molecule has 1 aromatic heterocycles. The Balaban J connectivity index is 1.90. The predicted octanol–water partition coefficient (Wildman–Crippen LogP) is 3.98. The van der Waals surface area contributed by atoms with Crippen molar-refractivity contribution in [1.82, 2.24) is 9.47 Å². The van der Waals surface area contributed by atoms with Gasteiger partial charge in [0.25, 0.3) is 11.7 Å². The fourth-order valence-electron chi connectivity index (χ4n) is 3.26. The summed E-state index contributed by atoms with van der Waals surface area (Å²) in [6, 6.07) is 13.8. The number of fused-ring (bicyclic) bond motifs is 1. The van der Waals surface area contributed by atoms with Crippen molar-refractivity contribution in [2.75, 3.05) is 18.4 Å². The molecule has 0 atom stereocenters. The van der Waals surface area contributed by atoms with E-state index in [0.29, 0.717) is 29.2 Å². The van der Waals surface area contributed by atoms with Crippen LogP contribution in [0.15, 0.2) is 54.7 Å². The fraction of sp³-hybridized carbons (Fsp3) is 0.227. The minimum Gasteiger partial charge on any atom is -0.342 e. The zero-order chi connectivity index (χ0) is 21.0. The highest BCUT2D eigenvalue weighted by Gasteiger charge is 2.23. The molecule has 0 spiro atoms. The van der Waals surface area contributed by atoms with Crippen molar-refractivity contribution in [2.24, 2.45) is 0 Å². The predicted molar refractivity (Wildman–Crippen MR) is 114 cm³/mol. The molecule has 0 radical (unpaired) electrons. The van der Waals surface area contributed by atoms with Crippen LogP contribution in [0.3, 0.4) is 0 Å². The molecule has 1 N–H and O–H groups in total. The number of ketones is 1. The van der Waals surface area contributed by atoms with Crippen LogP contribution < -0.4 is 5.32 Å². The van der Waals surface area contributed by atoms with Crippen LogP contribution in [0.4, 0.5) is 5.69 Å². The van der Waals surface area contributed by atoms with E-state index in [1.807, 2.05) is 26.0 Å². The average molecular weight is 412 g/mol. The summed E-state index contributed by atoms with van der Waals surface area (Å²) < 4.78 is 1.72. The van der Waals surface area contributed by atoms with E-state index in [1.54, 1.807) is 52.1 Å². The van der Waals surface area contributed by atoms with Gasteiger partial charge < -0.3 is 14.8 Å². The molecule has 0 aliphatic carbocycles. The lowest BCUT2D eigenvalue weighted by atomic mass is 10.1. The van der Waals surface area contributed by atoms with Crippen molar-refractivity contribution < 1.29 is 14.4 Å². The summed E-state index contributed by atoms with van der Waals surface area (Å²) in [6.45, 7) is 5.17. The highest BCUT2D eigenvalue weighted by Crippen LogP contribution is 2.23. The van der Waals surface area contributed by atoms with E-state index in [4.69, 9.17) is 11.6 Å². The van der Waals surface area contributed by atoms with Gasteiger partial charge in [0, 0.05) is 40.9 Å². The molecule has 0 bridgehead atoms. The van der Waals surface area contributed by atoms with Crippen LogP contribution in [0.1, 0.15) is 24.2 Å². The van der Waals surface area contributed by atoms with Crippen LogP contribution in [0, 0.1) is 0 Å². The third-order valence-electron chi connectivity index (χ3n) is 4.74. The molecule has 7 heteroatoms. The summed E-state index contributed by atoms with van der Waals surface area (Å²) in [7, 11) is 0. The van der Waals surface area contributed by atoms with Gasteiger partial charge in [0.2, 0.25) is 5.91 Å². The molecule has 1 heterocycles. The van der Waals surface area contributed by atoms with E-state index in [2.05, 4.69) is 5.32 Å². The minimum atomic E-state index is -0.759. The molecule has 150 valence electrons. The Morgan fingerprint density at radius 2 is 1.76 bits per heavy atom. The number of aromatic nitrogens is 1. The molecule has 2 aromatic carbocycles. The molecular weight excluding hydrogens is 390 g/mol. The second-order valence-corrected chi connectivity index (χ2v) is 6.98. The highest BCUT2D eigenvalue weighted by molar-refractivity contribution is 6.48. The molecule has 0 unspecified atom stereocenters. The van der Waals surface area contributed by atoms with Gasteiger partial charge in [0.1, 0.15) is 6.54 Å². The zero-order valence-corrected chi connectivity index (χ0v) is 17.1. The Morgan fingerprint density at radius 1 is 1.03 bits per heavy atom. The van der Waals surface area contributed by atoms with Gasteiger partial charge in [-0.2, -0.15) is 0 Å². The van der Waals surface area contributed by atoms with Crippen LogP contribution >= 0.6 is 11.6 Å². The molecule has 2 amide bonds. The van der Waals surface area contributed by atoms with E-state index >= 15 is 0 Å². The maximum Gasteiger partial charge on any atom is 0.296 e. The van der Waals surface area contributed by atoms with Gasteiger partial charge in [0.15, 0.2) is 0 Å². The van der Waals surface area contributed by atoms with Gasteiger partial charge in [-0.25, -0.2) is 0 Å². The van der Waals surface area contributed by atoms with Crippen molar-refractivity contribution in [3.63, 3.8) is 0 Å². The summed E-state index contributed by atoms with van der Waals surface area (Å²) in [5, 5.41) is 3.67. The van der Waals surface area contributed by atoms with Gasteiger partial charge >= 0.3 is 0 Å². The van der Waals surface area contributed by atoms with E-state index in [9.17, 15) is 14.4 Å². The molecule has 3 aromatic rings. The first-order valence-electron chi connectivity index (χ1n) is 9.41. The number of carbonyl (C=O) groups is 3. The molecule has 0 aliphatic heterocycles. The molecule has 29 heavy (non-hydrogen) atoms. The van der Waals surface area contributed by atoms with Crippen molar-refractivity contribution in [3.05, 3.63) is 65.3 Å². The lowest BCUT2D eigenvalue weighted by molar-refractivity contribution is -0.131. The smallest absolute Gasteiger partial charge is 0.296 e. The van der Waals surface area contributed by atoms with Crippen LogP contribution in [-0.4, -0.2) is 40.2 Å². The number of para-hydroxylation sites is 1. The topological polar surface area (TPSA) is 71.4 Å². The third kappa shape index (κ3) is 4.49. The Kier molecular flexibility index (Phi) is 6.34. The number of hydrogen-bond acceptors (Lipinski definition) is 3. The number of Topliss-reactive ketones (excluding diaryl/α,β-unsaturated/α-hetero) is 1. The lowest BCUT2D eigenvalue weighted by Crippen LogP contribution is -2.33. The Bertz CT molecular complexity index is 1070. The normalized spacial score (nSPS) is 10.7. The van der Waals surface area contributed by atoms with Gasteiger partial charge in [-0.15, -0.1) is 0 Å². The van der Waals surface area contributed by atoms with E-state index in [0.717, 1.165) is 5.52 Å². The number of likely N-dealkylation sites (N-methyl/N-ethyl adjacent to an activating group) is 1. The summed E-state index contributed by atoms with van der Waals surface area (Å²) >= 11 is 5.93. The van der Waals surface area contributed by atoms with Crippen molar-refractivity contribution >= 4 is 45.8 Å². The van der Waals surface area contributed by atoms with Crippen LogP contribution in [0.25, 0.3) is 10.9 Å². The van der Waals surface area contributed by atoms with Crippen LogP contribution in [0.2, 0.25) is 5.02 Å². The number of benzene rings is 2. The van der Waals surface area contributed by atoms with E-state index in [-0.39, 0.29) is 18.0 Å². The minimum absolute atomic E-state index is 0.0434. The second-order valence-electron chi connectivity index (χ2n) is 6.55. The number of anilines is 1. The number of hydrogen-bond donors (Lipinski definition) is 1. The lowest BCUT2D eigenvalue weighted by Gasteiger charge is -2.19. The fourth-order valence-corrected chi connectivity index (χ4v) is 3.45. The summed E-state index contributed by atoms with van der Waals surface area (Å²) in [5.74, 6) is -1.47. The summed E-state index contributed by atoms with van der Waals surface area (Å²) in [5.41, 5.74) is 1.43. The molecule has 0 saturated carbocycles. The molecule has 0 fully saturated rings. The number of halogens is 1. The highest BCUT2D eigenvalue weighted by atomic mass is 35.5. The average Bonchev–Trinajstić information content (AvgIpc) is 3.07. The van der Waals surface area contributed by atoms with Gasteiger partial charge in [-0.05, 0) is 38.1 Å². The Labute approximate surface area is 174 Å². The summed E-state index contributed by atoms with van der Waals surface area (Å²) in [4.78, 5) is 39.6. The van der Waals surface area contributed by atoms with Gasteiger partial charge in [0.05, 0.1) is 5.56 Å². The third-order valence-corrected chi connectivity index (χ3v) is 4.98. The first kappa shape index (κ1) is 20.6. The molecular formula is C22H22ClN3O3. The Hall–Kier alpha value is -3.12. The first-order chi connectivity index (χ1) is 13.9. The van der Waals surface area contributed by atoms with Crippen molar-refractivity contribution in [2.45, 2.75) is 20.4 Å². The second kappa shape index (κ2) is 8.92. The van der Waals surface area contributed by atoms with Crippen LogP contribution in [-0.2, 0) is 16.1 Å². The number of carbonyl (C=O) groups excluding carboxylic acids is 3. The molecule has 0 aliphatic rings. The number of nitrogens with zero attached hydrogens (tertiary/aromatic N) is 2. The molecule has 0 saturated heterocycles. The molecule has 6 nitrogen and oxygen atoms in total. The first-order valence-corrected chi connectivity index (χ1v) is 9.79. The summed E-state index contributed by atoms with van der Waals surface area (Å²) in [6.07, 6.45) is 1.58. The zero-order valence-electron chi connectivity index (χ0n) is 16.3. The van der Waals surface area contributed by atoms with Crippen LogP contribution in [0.5, 0.6) is 0 Å². The van der Waals surface area contributed by atoms with Gasteiger partial charge in [-0.1, -0.05) is 35.9 Å². The van der Waals surface area contributed by atoms with E-state index in [1.165, 1.54) is 0 Å². The maximum absolute atomic E-state index is 12.8. The SMILES string of the molecule is CCN(CC)C(=O)Cn1cc(C(=O)C(=O)Nc2cccc(Cl)c2)c2ccccc21. The molecule has 3 rings (SSSR count). The quantitative estimate of drug-likeness (QED) is 0.472. The Morgan fingerprint density at radius 3 is 2.45 bits per heavy atom.